The number of para-hydroxylation sites is 2. The average molecular weight is 557 g/mol. The van der Waals surface area contributed by atoms with Crippen molar-refractivity contribution in [1.82, 2.24) is 5.48 Å². The fraction of sp³-hybridized carbons (Fsp3) is 0.0500. The third-order valence-corrected chi connectivity index (χ3v) is 5.39. The third kappa shape index (κ3) is 4.86. The lowest BCUT2D eigenvalue weighted by Crippen LogP contribution is -2.20. The smallest absolute Gasteiger partial charge is 0.296 e. The number of benzene rings is 3. The Morgan fingerprint density at radius 3 is 2.55 bits per heavy atom. The van der Waals surface area contributed by atoms with Gasteiger partial charge in [0, 0.05) is 16.7 Å². The molecular weight excluding hydrogens is 542 g/mol. The summed E-state index contributed by atoms with van der Waals surface area (Å²) in [4.78, 5) is 23.7. The summed E-state index contributed by atoms with van der Waals surface area (Å²) in [5, 5.41) is 24.0. The molecule has 31 heavy (non-hydrogen) atoms. The van der Waals surface area contributed by atoms with Crippen LogP contribution in [0.2, 0.25) is 5.02 Å². The van der Waals surface area contributed by atoms with Crippen molar-refractivity contribution >= 4 is 68.5 Å². The predicted octanol–water partition coefficient (Wildman–Crippen LogP) is 5.62. The van der Waals surface area contributed by atoms with E-state index in [1.165, 1.54) is 17.4 Å². The van der Waals surface area contributed by atoms with E-state index in [-0.39, 0.29) is 11.3 Å². The van der Waals surface area contributed by atoms with Gasteiger partial charge < -0.3 is 10.2 Å². The molecular formula is C20H15ClFIN4O4. The lowest BCUT2D eigenvalue weighted by molar-refractivity contribution is -0.384. The number of nitrogens with zero attached hydrogens (tertiary/aromatic N) is 2. The van der Waals surface area contributed by atoms with Crippen molar-refractivity contribution in [2.24, 2.45) is 0 Å². The summed E-state index contributed by atoms with van der Waals surface area (Å²) < 4.78 is 15.9. The first-order chi connectivity index (χ1) is 14.7. The SMILES string of the molecule is CN(c1ccccc1Nc1ccc(I)cc1Cl)c1c(F)cc(C(=O)NO)cc1[N+](=O)[O-]. The van der Waals surface area contributed by atoms with Crippen LogP contribution in [0.15, 0.2) is 54.6 Å². The third-order valence-electron chi connectivity index (χ3n) is 4.41. The second-order valence-corrected chi connectivity index (χ2v) is 8.00. The molecule has 0 aliphatic heterocycles. The van der Waals surface area contributed by atoms with Crippen LogP contribution in [0.5, 0.6) is 0 Å². The van der Waals surface area contributed by atoms with E-state index in [4.69, 9.17) is 16.8 Å². The molecule has 0 radical (unpaired) electrons. The molecule has 0 atom stereocenters. The van der Waals surface area contributed by atoms with E-state index in [2.05, 4.69) is 27.9 Å². The van der Waals surface area contributed by atoms with E-state index in [1.807, 2.05) is 6.07 Å². The van der Waals surface area contributed by atoms with Crippen LogP contribution in [0.3, 0.4) is 0 Å². The minimum absolute atomic E-state index is 0.345. The monoisotopic (exact) mass is 556 g/mol. The Labute approximate surface area is 194 Å². The highest BCUT2D eigenvalue weighted by molar-refractivity contribution is 14.1. The Morgan fingerprint density at radius 1 is 1.19 bits per heavy atom. The fourth-order valence-electron chi connectivity index (χ4n) is 2.98. The number of hydrogen-bond acceptors (Lipinski definition) is 6. The van der Waals surface area contributed by atoms with Crippen LogP contribution in [0.4, 0.5) is 32.8 Å². The lowest BCUT2D eigenvalue weighted by Gasteiger charge is -2.24. The van der Waals surface area contributed by atoms with Gasteiger partial charge in [-0.3, -0.25) is 20.1 Å². The molecule has 0 aliphatic rings. The molecule has 0 aliphatic carbocycles. The molecule has 11 heteroatoms. The van der Waals surface area contributed by atoms with E-state index in [0.717, 1.165) is 15.7 Å². The van der Waals surface area contributed by atoms with Crippen LogP contribution in [0.25, 0.3) is 0 Å². The van der Waals surface area contributed by atoms with Gasteiger partial charge in [-0.2, -0.15) is 0 Å². The Hall–Kier alpha value is -2.96. The number of halogens is 3. The molecule has 3 aromatic rings. The van der Waals surface area contributed by atoms with Gasteiger partial charge in [-0.25, -0.2) is 9.87 Å². The first-order valence-corrected chi connectivity index (χ1v) is 10.2. The van der Waals surface area contributed by atoms with Crippen molar-refractivity contribution in [2.45, 2.75) is 0 Å². The minimum Gasteiger partial charge on any atom is -0.353 e. The maximum Gasteiger partial charge on any atom is 0.296 e. The molecule has 3 rings (SSSR count). The predicted molar refractivity (Wildman–Crippen MR) is 124 cm³/mol. The zero-order chi connectivity index (χ0) is 22.7. The normalized spacial score (nSPS) is 10.5. The number of hydrogen-bond donors (Lipinski definition) is 3. The molecule has 0 bridgehead atoms. The Morgan fingerprint density at radius 2 is 1.90 bits per heavy atom. The van der Waals surface area contributed by atoms with Gasteiger partial charge in [-0.1, -0.05) is 23.7 Å². The number of rotatable bonds is 6. The van der Waals surface area contributed by atoms with Crippen molar-refractivity contribution in [1.29, 1.82) is 0 Å². The first kappa shape index (κ1) is 22.7. The number of anilines is 4. The van der Waals surface area contributed by atoms with Gasteiger partial charge >= 0.3 is 0 Å². The Bertz CT molecular complexity index is 1180. The van der Waals surface area contributed by atoms with Gasteiger partial charge in [0.25, 0.3) is 11.6 Å². The number of carbonyl (C=O) groups is 1. The molecule has 0 fully saturated rings. The van der Waals surface area contributed by atoms with E-state index in [0.29, 0.717) is 22.1 Å². The summed E-state index contributed by atoms with van der Waals surface area (Å²) >= 11 is 8.42. The van der Waals surface area contributed by atoms with E-state index in [1.54, 1.807) is 36.4 Å². The summed E-state index contributed by atoms with van der Waals surface area (Å²) in [5.41, 5.74) is 1.53. The van der Waals surface area contributed by atoms with E-state index in [9.17, 15) is 19.3 Å². The van der Waals surface area contributed by atoms with Crippen LogP contribution in [0.1, 0.15) is 10.4 Å². The van der Waals surface area contributed by atoms with Crippen molar-refractivity contribution in [3.8, 4) is 0 Å². The molecule has 160 valence electrons. The molecule has 0 unspecified atom stereocenters. The quantitative estimate of drug-likeness (QED) is 0.157. The Balaban J connectivity index is 2.09. The molecule has 1 amide bonds. The first-order valence-electron chi connectivity index (χ1n) is 8.70. The fourth-order valence-corrected chi connectivity index (χ4v) is 3.88. The number of nitro benzene ring substituents is 1. The molecule has 0 heterocycles. The summed E-state index contributed by atoms with van der Waals surface area (Å²) in [7, 11) is 1.47. The molecule has 8 nitrogen and oxygen atoms in total. The maximum absolute atomic E-state index is 14.9. The standard InChI is InChI=1S/C20H15ClFIN4O4/c1-26(19-14(22)8-11(20(28)25-29)9-18(19)27(30)31)17-5-3-2-4-16(17)24-15-7-6-12(23)10-13(15)21/h2-10,24,29H,1H3,(H,25,28). The van der Waals surface area contributed by atoms with E-state index < -0.39 is 22.3 Å². The highest BCUT2D eigenvalue weighted by atomic mass is 127. The van der Waals surface area contributed by atoms with Crippen LogP contribution >= 0.6 is 34.2 Å². The average Bonchev–Trinajstić information content (AvgIpc) is 2.74. The van der Waals surface area contributed by atoms with Gasteiger partial charge in [0.1, 0.15) is 0 Å². The number of nitrogens with one attached hydrogen (secondary N) is 2. The van der Waals surface area contributed by atoms with Gasteiger partial charge in [0.2, 0.25) is 0 Å². The number of carbonyl (C=O) groups excluding carboxylic acids is 1. The zero-order valence-corrected chi connectivity index (χ0v) is 18.8. The second-order valence-electron chi connectivity index (χ2n) is 6.35. The molecule has 0 aromatic heterocycles. The van der Waals surface area contributed by atoms with E-state index >= 15 is 0 Å². The van der Waals surface area contributed by atoms with Crippen molar-refractivity contribution in [3.05, 3.63) is 84.7 Å². The lowest BCUT2D eigenvalue weighted by atomic mass is 10.1. The van der Waals surface area contributed by atoms with Gasteiger partial charge in [-0.15, -0.1) is 0 Å². The van der Waals surface area contributed by atoms with Crippen LogP contribution in [-0.4, -0.2) is 23.1 Å². The van der Waals surface area contributed by atoms with Gasteiger partial charge in [0.15, 0.2) is 11.5 Å². The molecule has 0 saturated heterocycles. The largest absolute Gasteiger partial charge is 0.353 e. The molecule has 0 spiro atoms. The highest BCUT2D eigenvalue weighted by Gasteiger charge is 2.27. The summed E-state index contributed by atoms with van der Waals surface area (Å²) in [6.45, 7) is 0. The van der Waals surface area contributed by atoms with Crippen LogP contribution < -0.4 is 15.7 Å². The van der Waals surface area contributed by atoms with Crippen LogP contribution in [0, 0.1) is 19.5 Å². The highest BCUT2D eigenvalue weighted by Crippen LogP contribution is 2.40. The number of hydroxylamine groups is 1. The van der Waals surface area contributed by atoms with Crippen LogP contribution in [-0.2, 0) is 0 Å². The van der Waals surface area contributed by atoms with Crippen molar-refractivity contribution in [2.75, 3.05) is 17.3 Å². The second kappa shape index (κ2) is 9.45. The zero-order valence-electron chi connectivity index (χ0n) is 15.9. The number of amides is 1. The Kier molecular flexibility index (Phi) is 6.93. The molecule has 0 saturated carbocycles. The van der Waals surface area contributed by atoms with Crippen molar-refractivity contribution < 1.29 is 19.3 Å². The molecule has 3 aromatic carbocycles. The maximum atomic E-state index is 14.9. The van der Waals surface area contributed by atoms with Gasteiger partial charge in [-0.05, 0) is 59.0 Å². The number of nitro groups is 1. The summed E-state index contributed by atoms with van der Waals surface area (Å²) in [6, 6.07) is 13.9. The topological polar surface area (TPSA) is 108 Å². The summed E-state index contributed by atoms with van der Waals surface area (Å²) in [5.74, 6) is -2.07. The van der Waals surface area contributed by atoms with Crippen molar-refractivity contribution in [3.63, 3.8) is 0 Å². The summed E-state index contributed by atoms with van der Waals surface area (Å²) in [6.07, 6.45) is 0. The molecule has 3 N–H and O–H groups in total. The minimum atomic E-state index is -1.06. The van der Waals surface area contributed by atoms with Gasteiger partial charge in [0.05, 0.1) is 32.6 Å².